The maximum Gasteiger partial charge on any atom is 0.254 e. The van der Waals surface area contributed by atoms with Gasteiger partial charge in [0.15, 0.2) is 0 Å². The second-order valence-corrected chi connectivity index (χ2v) is 5.13. The summed E-state index contributed by atoms with van der Waals surface area (Å²) in [5, 5.41) is 0. The summed E-state index contributed by atoms with van der Waals surface area (Å²) in [7, 11) is 0. The van der Waals surface area contributed by atoms with Gasteiger partial charge >= 0.3 is 0 Å². The highest BCUT2D eigenvalue weighted by Gasteiger charge is 2.30. The maximum absolute atomic E-state index is 13.3. The number of rotatable bonds is 2. The molecular weight excluding hydrogens is 245 g/mol. The van der Waals surface area contributed by atoms with Crippen LogP contribution < -0.4 is 0 Å². The Labute approximate surface area is 113 Å². The molecule has 0 N–H and O–H groups in total. The van der Waals surface area contributed by atoms with Crippen LogP contribution in [0.3, 0.4) is 0 Å². The molecule has 2 unspecified atom stereocenters. The van der Waals surface area contributed by atoms with Crippen LogP contribution in [-0.4, -0.2) is 36.1 Å². The van der Waals surface area contributed by atoms with Crippen molar-refractivity contribution in [2.24, 2.45) is 0 Å². The van der Waals surface area contributed by atoms with Gasteiger partial charge in [0.25, 0.3) is 5.91 Å². The lowest BCUT2D eigenvalue weighted by Gasteiger charge is -2.38. The van der Waals surface area contributed by atoms with E-state index in [0.717, 1.165) is 6.42 Å². The number of carbonyl (C=O) groups is 1. The van der Waals surface area contributed by atoms with Gasteiger partial charge in [-0.05, 0) is 44.0 Å². The van der Waals surface area contributed by atoms with Crippen LogP contribution in [-0.2, 0) is 4.74 Å². The zero-order valence-electron chi connectivity index (χ0n) is 11.6. The number of amides is 1. The number of carbonyl (C=O) groups excluding carboxylic acids is 1. The molecule has 1 aliphatic heterocycles. The third-order valence-electron chi connectivity index (χ3n) is 3.60. The summed E-state index contributed by atoms with van der Waals surface area (Å²) in [5.74, 6) is -0.316. The molecule has 0 radical (unpaired) electrons. The van der Waals surface area contributed by atoms with E-state index in [4.69, 9.17) is 4.74 Å². The summed E-state index contributed by atoms with van der Waals surface area (Å²) >= 11 is 0. The molecule has 1 aromatic rings. The number of halogens is 1. The first kappa shape index (κ1) is 14.0. The van der Waals surface area contributed by atoms with Gasteiger partial charge in [-0.1, -0.05) is 6.92 Å². The van der Waals surface area contributed by atoms with Crippen molar-refractivity contribution in [3.63, 3.8) is 0 Å². The van der Waals surface area contributed by atoms with E-state index in [1.54, 1.807) is 19.1 Å². The number of benzene rings is 1. The van der Waals surface area contributed by atoms with Crippen LogP contribution in [0.25, 0.3) is 0 Å². The molecule has 1 saturated heterocycles. The van der Waals surface area contributed by atoms with E-state index < -0.39 is 0 Å². The first-order chi connectivity index (χ1) is 9.02. The van der Waals surface area contributed by atoms with Gasteiger partial charge in [0.1, 0.15) is 5.82 Å². The van der Waals surface area contributed by atoms with E-state index in [-0.39, 0.29) is 23.9 Å². The number of hydrogen-bond donors (Lipinski definition) is 0. The fourth-order valence-corrected chi connectivity index (χ4v) is 2.37. The largest absolute Gasteiger partial charge is 0.375 e. The van der Waals surface area contributed by atoms with Gasteiger partial charge < -0.3 is 9.64 Å². The van der Waals surface area contributed by atoms with Gasteiger partial charge in [-0.3, -0.25) is 4.79 Å². The van der Waals surface area contributed by atoms with Crippen molar-refractivity contribution in [2.45, 2.75) is 39.3 Å². The summed E-state index contributed by atoms with van der Waals surface area (Å²) < 4.78 is 18.9. The SMILES string of the molecule is CCC1COC(C)CN1C(=O)c1ccc(F)c(C)c1. The number of morpholine rings is 1. The molecule has 2 atom stereocenters. The van der Waals surface area contributed by atoms with E-state index in [9.17, 15) is 9.18 Å². The van der Waals surface area contributed by atoms with Crippen molar-refractivity contribution in [3.8, 4) is 0 Å². The molecule has 0 saturated carbocycles. The second-order valence-electron chi connectivity index (χ2n) is 5.13. The van der Waals surface area contributed by atoms with Crippen LogP contribution in [0.2, 0.25) is 0 Å². The Balaban J connectivity index is 2.23. The van der Waals surface area contributed by atoms with Crippen LogP contribution in [0.4, 0.5) is 4.39 Å². The molecule has 4 heteroatoms. The number of nitrogens with zero attached hydrogens (tertiary/aromatic N) is 1. The Bertz CT molecular complexity index is 475. The standard InChI is InChI=1S/C15H20FNO2/c1-4-13-9-19-11(3)8-17(13)15(18)12-5-6-14(16)10(2)7-12/h5-7,11,13H,4,8-9H2,1-3H3. The van der Waals surface area contributed by atoms with Crippen LogP contribution in [0.5, 0.6) is 0 Å². The number of ether oxygens (including phenoxy) is 1. The fourth-order valence-electron chi connectivity index (χ4n) is 2.37. The van der Waals surface area contributed by atoms with E-state index in [2.05, 4.69) is 0 Å². The highest BCUT2D eigenvalue weighted by Crippen LogP contribution is 2.19. The minimum atomic E-state index is -0.279. The van der Waals surface area contributed by atoms with Gasteiger partial charge in [0.2, 0.25) is 0 Å². The van der Waals surface area contributed by atoms with Crippen LogP contribution in [0.1, 0.15) is 36.2 Å². The zero-order chi connectivity index (χ0) is 14.0. The van der Waals surface area contributed by atoms with Crippen molar-refractivity contribution in [1.29, 1.82) is 0 Å². The molecule has 0 spiro atoms. The molecule has 1 heterocycles. The molecule has 1 aromatic carbocycles. The lowest BCUT2D eigenvalue weighted by molar-refractivity contribution is -0.0444. The molecule has 0 bridgehead atoms. The average Bonchev–Trinajstić information content (AvgIpc) is 2.41. The fraction of sp³-hybridized carbons (Fsp3) is 0.533. The molecule has 2 rings (SSSR count). The lowest BCUT2D eigenvalue weighted by atomic mass is 10.1. The molecule has 3 nitrogen and oxygen atoms in total. The van der Waals surface area contributed by atoms with Gasteiger partial charge in [0.05, 0.1) is 18.8 Å². The summed E-state index contributed by atoms with van der Waals surface area (Å²) in [6.45, 7) is 6.84. The first-order valence-electron chi connectivity index (χ1n) is 6.71. The highest BCUT2D eigenvalue weighted by molar-refractivity contribution is 5.94. The number of aryl methyl sites for hydroxylation is 1. The van der Waals surface area contributed by atoms with Gasteiger partial charge in [-0.25, -0.2) is 4.39 Å². The quantitative estimate of drug-likeness (QED) is 0.823. The molecule has 104 valence electrons. The van der Waals surface area contributed by atoms with Gasteiger partial charge in [-0.15, -0.1) is 0 Å². The normalized spacial score (nSPS) is 23.5. The monoisotopic (exact) mass is 265 g/mol. The van der Waals surface area contributed by atoms with E-state index in [1.807, 2.05) is 18.7 Å². The molecule has 1 amide bonds. The van der Waals surface area contributed by atoms with Crippen molar-refractivity contribution in [3.05, 3.63) is 35.1 Å². The zero-order valence-corrected chi connectivity index (χ0v) is 11.6. The van der Waals surface area contributed by atoms with Gasteiger partial charge in [0, 0.05) is 12.1 Å². The van der Waals surface area contributed by atoms with Crippen molar-refractivity contribution >= 4 is 5.91 Å². The van der Waals surface area contributed by atoms with E-state index in [0.29, 0.717) is 24.3 Å². The molecule has 1 aliphatic rings. The second kappa shape index (κ2) is 5.70. The summed E-state index contributed by atoms with van der Waals surface area (Å²) in [6, 6.07) is 4.63. The highest BCUT2D eigenvalue weighted by atomic mass is 19.1. The third kappa shape index (κ3) is 2.95. The molecule has 0 aromatic heterocycles. The number of hydrogen-bond acceptors (Lipinski definition) is 2. The Kier molecular flexibility index (Phi) is 4.20. The summed E-state index contributed by atoms with van der Waals surface area (Å²) in [4.78, 5) is 14.4. The topological polar surface area (TPSA) is 29.5 Å². The maximum atomic E-state index is 13.3. The minimum absolute atomic E-state index is 0.0369. The van der Waals surface area contributed by atoms with E-state index in [1.165, 1.54) is 6.07 Å². The Morgan fingerprint density at radius 1 is 1.53 bits per heavy atom. The average molecular weight is 265 g/mol. The van der Waals surface area contributed by atoms with Crippen molar-refractivity contribution in [2.75, 3.05) is 13.2 Å². The van der Waals surface area contributed by atoms with Crippen molar-refractivity contribution < 1.29 is 13.9 Å². The minimum Gasteiger partial charge on any atom is -0.375 e. The first-order valence-corrected chi connectivity index (χ1v) is 6.71. The molecular formula is C15H20FNO2. The summed E-state index contributed by atoms with van der Waals surface area (Å²) in [5.41, 5.74) is 1.05. The van der Waals surface area contributed by atoms with Crippen molar-refractivity contribution in [1.82, 2.24) is 4.90 Å². The molecule has 0 aliphatic carbocycles. The van der Waals surface area contributed by atoms with Crippen LogP contribution >= 0.6 is 0 Å². The van der Waals surface area contributed by atoms with E-state index >= 15 is 0 Å². The Morgan fingerprint density at radius 3 is 2.89 bits per heavy atom. The predicted molar refractivity (Wildman–Crippen MR) is 71.7 cm³/mol. The summed E-state index contributed by atoms with van der Waals surface area (Å²) in [6.07, 6.45) is 0.909. The van der Waals surface area contributed by atoms with Crippen LogP contribution in [0.15, 0.2) is 18.2 Å². The molecule has 1 fully saturated rings. The smallest absolute Gasteiger partial charge is 0.254 e. The lowest BCUT2D eigenvalue weighted by Crippen LogP contribution is -2.51. The Morgan fingerprint density at radius 2 is 2.26 bits per heavy atom. The van der Waals surface area contributed by atoms with Gasteiger partial charge in [-0.2, -0.15) is 0 Å². The molecule has 19 heavy (non-hydrogen) atoms. The van der Waals surface area contributed by atoms with Crippen LogP contribution in [0, 0.1) is 12.7 Å². The third-order valence-corrected chi connectivity index (χ3v) is 3.60. The predicted octanol–water partition coefficient (Wildman–Crippen LogP) is 2.77. The Hall–Kier alpha value is -1.42.